The first-order chi connectivity index (χ1) is 9.81. The molecule has 4 heteroatoms. The normalized spacial score (nSPS) is 10.7. The summed E-state index contributed by atoms with van der Waals surface area (Å²) in [6.45, 7) is 2.56. The number of fused-ring (bicyclic) bond motifs is 1. The molecule has 4 nitrogen and oxygen atoms in total. The number of H-pyrrole nitrogens is 1. The van der Waals surface area contributed by atoms with Crippen LogP contribution in [0.1, 0.15) is 6.92 Å². The standard InChI is InChI=1S/C16H16N2O2/c1-3-20-14-9-8-11(10-15(14)19-2)16-17-12-6-4-5-7-13(12)18-16/h4-10H,3H2,1-2H3,(H,17,18). The van der Waals surface area contributed by atoms with Gasteiger partial charge in [0, 0.05) is 5.56 Å². The van der Waals surface area contributed by atoms with Crippen LogP contribution >= 0.6 is 0 Å². The van der Waals surface area contributed by atoms with Crippen LogP contribution in [0.3, 0.4) is 0 Å². The number of aromatic amines is 1. The largest absolute Gasteiger partial charge is 0.493 e. The van der Waals surface area contributed by atoms with Crippen LogP contribution in [0.2, 0.25) is 0 Å². The summed E-state index contributed by atoms with van der Waals surface area (Å²) in [5.74, 6) is 2.28. The Morgan fingerprint density at radius 3 is 2.70 bits per heavy atom. The molecule has 0 aliphatic carbocycles. The minimum Gasteiger partial charge on any atom is -0.493 e. The molecule has 0 aliphatic heterocycles. The van der Waals surface area contributed by atoms with Gasteiger partial charge in [-0.3, -0.25) is 0 Å². The number of para-hydroxylation sites is 2. The van der Waals surface area contributed by atoms with E-state index >= 15 is 0 Å². The number of hydrogen-bond donors (Lipinski definition) is 1. The number of nitrogens with one attached hydrogen (secondary N) is 1. The predicted octanol–water partition coefficient (Wildman–Crippen LogP) is 3.64. The summed E-state index contributed by atoms with van der Waals surface area (Å²) in [6, 6.07) is 13.8. The highest BCUT2D eigenvalue weighted by Crippen LogP contribution is 2.32. The zero-order valence-electron chi connectivity index (χ0n) is 11.5. The number of ether oxygens (including phenoxy) is 2. The van der Waals surface area contributed by atoms with E-state index in [-0.39, 0.29) is 0 Å². The van der Waals surface area contributed by atoms with Gasteiger partial charge in [0.1, 0.15) is 5.82 Å². The van der Waals surface area contributed by atoms with Gasteiger partial charge in [0.05, 0.1) is 24.8 Å². The molecule has 1 N–H and O–H groups in total. The minimum atomic E-state index is 0.611. The van der Waals surface area contributed by atoms with E-state index in [1.165, 1.54) is 0 Å². The molecular weight excluding hydrogens is 252 g/mol. The lowest BCUT2D eigenvalue weighted by molar-refractivity contribution is 0.311. The Morgan fingerprint density at radius 2 is 1.95 bits per heavy atom. The first-order valence-electron chi connectivity index (χ1n) is 6.57. The van der Waals surface area contributed by atoms with Crippen molar-refractivity contribution in [2.24, 2.45) is 0 Å². The second-order valence-corrected chi connectivity index (χ2v) is 4.40. The Balaban J connectivity index is 2.05. The maximum absolute atomic E-state index is 5.52. The molecule has 0 atom stereocenters. The number of aromatic nitrogens is 2. The van der Waals surface area contributed by atoms with Crippen molar-refractivity contribution in [2.45, 2.75) is 6.92 Å². The van der Waals surface area contributed by atoms with Crippen LogP contribution in [0.15, 0.2) is 42.5 Å². The van der Waals surface area contributed by atoms with Gasteiger partial charge in [0.15, 0.2) is 11.5 Å². The van der Waals surface area contributed by atoms with Crippen LogP contribution in [-0.4, -0.2) is 23.7 Å². The lowest BCUT2D eigenvalue weighted by Crippen LogP contribution is -1.95. The molecule has 0 radical (unpaired) electrons. The van der Waals surface area contributed by atoms with E-state index in [1.807, 2.05) is 49.4 Å². The van der Waals surface area contributed by atoms with Gasteiger partial charge >= 0.3 is 0 Å². The number of hydrogen-bond acceptors (Lipinski definition) is 3. The fourth-order valence-electron chi connectivity index (χ4n) is 2.18. The molecule has 3 rings (SSSR count). The SMILES string of the molecule is CCOc1ccc(-c2nc3ccccc3[nH]2)cc1OC. The van der Waals surface area contributed by atoms with Gasteiger partial charge in [-0.05, 0) is 37.3 Å². The summed E-state index contributed by atoms with van der Waals surface area (Å²) < 4.78 is 10.9. The molecule has 2 aromatic carbocycles. The first-order valence-corrected chi connectivity index (χ1v) is 6.57. The maximum atomic E-state index is 5.52. The second-order valence-electron chi connectivity index (χ2n) is 4.40. The molecule has 0 aliphatic rings. The molecule has 1 aromatic heterocycles. The number of imidazole rings is 1. The van der Waals surface area contributed by atoms with Crippen molar-refractivity contribution < 1.29 is 9.47 Å². The Morgan fingerprint density at radius 1 is 1.10 bits per heavy atom. The molecule has 0 fully saturated rings. The molecule has 1 heterocycles. The molecular formula is C16H16N2O2. The molecule has 0 bridgehead atoms. The van der Waals surface area contributed by atoms with Crippen molar-refractivity contribution in [3.8, 4) is 22.9 Å². The van der Waals surface area contributed by atoms with Gasteiger partial charge in [-0.2, -0.15) is 0 Å². The van der Waals surface area contributed by atoms with Crippen molar-refractivity contribution in [3.05, 3.63) is 42.5 Å². The second kappa shape index (κ2) is 5.25. The Bertz CT molecular complexity index is 701. The highest BCUT2D eigenvalue weighted by Gasteiger charge is 2.09. The number of rotatable bonds is 4. The van der Waals surface area contributed by atoms with Crippen LogP contribution in [0.5, 0.6) is 11.5 Å². The Kier molecular flexibility index (Phi) is 3.29. The highest BCUT2D eigenvalue weighted by molar-refractivity contribution is 5.79. The van der Waals surface area contributed by atoms with Gasteiger partial charge in [-0.15, -0.1) is 0 Å². The van der Waals surface area contributed by atoms with Crippen molar-refractivity contribution >= 4 is 11.0 Å². The maximum Gasteiger partial charge on any atom is 0.161 e. The van der Waals surface area contributed by atoms with E-state index < -0.39 is 0 Å². The highest BCUT2D eigenvalue weighted by atomic mass is 16.5. The number of benzene rings is 2. The van der Waals surface area contributed by atoms with Crippen molar-refractivity contribution in [1.29, 1.82) is 0 Å². The molecule has 3 aromatic rings. The molecule has 0 saturated carbocycles. The summed E-state index contributed by atoms with van der Waals surface area (Å²) >= 11 is 0. The van der Waals surface area contributed by atoms with Crippen LogP contribution < -0.4 is 9.47 Å². The third-order valence-corrected chi connectivity index (χ3v) is 3.13. The van der Waals surface area contributed by atoms with Crippen LogP contribution in [0.4, 0.5) is 0 Å². The van der Waals surface area contributed by atoms with Gasteiger partial charge in [0.25, 0.3) is 0 Å². The van der Waals surface area contributed by atoms with E-state index in [0.29, 0.717) is 12.4 Å². The van der Waals surface area contributed by atoms with Crippen LogP contribution in [-0.2, 0) is 0 Å². The van der Waals surface area contributed by atoms with E-state index in [2.05, 4.69) is 9.97 Å². The average molecular weight is 268 g/mol. The van der Waals surface area contributed by atoms with E-state index in [1.54, 1.807) is 7.11 Å². The van der Waals surface area contributed by atoms with E-state index in [4.69, 9.17) is 9.47 Å². The molecule has 20 heavy (non-hydrogen) atoms. The summed E-state index contributed by atoms with van der Waals surface area (Å²) in [5.41, 5.74) is 2.95. The van der Waals surface area contributed by atoms with E-state index in [9.17, 15) is 0 Å². The Hall–Kier alpha value is -2.49. The summed E-state index contributed by atoms with van der Waals surface area (Å²) in [6.07, 6.45) is 0. The van der Waals surface area contributed by atoms with E-state index in [0.717, 1.165) is 28.2 Å². The summed E-state index contributed by atoms with van der Waals surface area (Å²) in [5, 5.41) is 0. The topological polar surface area (TPSA) is 47.1 Å². The fraction of sp³-hybridized carbons (Fsp3) is 0.188. The van der Waals surface area contributed by atoms with Crippen molar-refractivity contribution in [2.75, 3.05) is 13.7 Å². The number of nitrogens with zero attached hydrogens (tertiary/aromatic N) is 1. The van der Waals surface area contributed by atoms with Gasteiger partial charge in [-0.25, -0.2) is 4.98 Å². The van der Waals surface area contributed by atoms with Gasteiger partial charge < -0.3 is 14.5 Å². The third kappa shape index (κ3) is 2.20. The lowest BCUT2D eigenvalue weighted by atomic mass is 10.2. The number of methoxy groups -OCH3 is 1. The van der Waals surface area contributed by atoms with Gasteiger partial charge in [0.2, 0.25) is 0 Å². The Labute approximate surface area is 117 Å². The third-order valence-electron chi connectivity index (χ3n) is 3.13. The zero-order chi connectivity index (χ0) is 13.9. The molecule has 0 amide bonds. The van der Waals surface area contributed by atoms with Crippen LogP contribution in [0.25, 0.3) is 22.4 Å². The van der Waals surface area contributed by atoms with Gasteiger partial charge in [-0.1, -0.05) is 12.1 Å². The van der Waals surface area contributed by atoms with Crippen molar-refractivity contribution in [3.63, 3.8) is 0 Å². The fourth-order valence-corrected chi connectivity index (χ4v) is 2.18. The molecule has 0 unspecified atom stereocenters. The summed E-state index contributed by atoms with van der Waals surface area (Å²) in [4.78, 5) is 7.89. The quantitative estimate of drug-likeness (QED) is 0.785. The lowest BCUT2D eigenvalue weighted by Gasteiger charge is -2.09. The molecule has 0 saturated heterocycles. The predicted molar refractivity (Wildman–Crippen MR) is 79.3 cm³/mol. The van der Waals surface area contributed by atoms with Crippen molar-refractivity contribution in [1.82, 2.24) is 9.97 Å². The average Bonchev–Trinajstić information content (AvgIpc) is 2.92. The van der Waals surface area contributed by atoms with Crippen LogP contribution in [0, 0.1) is 0 Å². The molecule has 0 spiro atoms. The zero-order valence-corrected chi connectivity index (χ0v) is 11.5. The molecule has 102 valence electrons. The summed E-state index contributed by atoms with van der Waals surface area (Å²) in [7, 11) is 1.64. The smallest absolute Gasteiger partial charge is 0.161 e. The minimum absolute atomic E-state index is 0.611. The monoisotopic (exact) mass is 268 g/mol. The first kappa shape index (κ1) is 12.5.